The lowest BCUT2D eigenvalue weighted by molar-refractivity contribution is -0.130. The summed E-state index contributed by atoms with van der Waals surface area (Å²) in [5.41, 5.74) is 12.1. The van der Waals surface area contributed by atoms with Crippen molar-refractivity contribution in [3.63, 3.8) is 0 Å². The fourth-order valence-electron chi connectivity index (χ4n) is 1.71. The lowest BCUT2D eigenvalue weighted by Gasteiger charge is -2.21. The molecule has 0 fully saturated rings. The van der Waals surface area contributed by atoms with Crippen molar-refractivity contribution in [1.29, 1.82) is 0 Å². The number of hydrogen-bond donors (Lipinski definition) is 2. The minimum Gasteiger partial charge on any atom is -0.341 e. The van der Waals surface area contributed by atoms with Crippen LogP contribution in [-0.4, -0.2) is 37.0 Å². The van der Waals surface area contributed by atoms with Crippen LogP contribution in [0.15, 0.2) is 30.3 Å². The first kappa shape index (κ1) is 13.7. The molecule has 1 aromatic rings. The summed E-state index contributed by atoms with van der Waals surface area (Å²) in [6.07, 6.45) is 1.26. The third-order valence-corrected chi connectivity index (χ3v) is 2.62. The van der Waals surface area contributed by atoms with Gasteiger partial charge in [0.05, 0.1) is 0 Å². The van der Waals surface area contributed by atoms with Crippen LogP contribution in [0.5, 0.6) is 0 Å². The van der Waals surface area contributed by atoms with Crippen LogP contribution in [0.2, 0.25) is 0 Å². The van der Waals surface area contributed by atoms with E-state index in [0.717, 1.165) is 6.42 Å². The lowest BCUT2D eigenvalue weighted by Crippen LogP contribution is -2.37. The second kappa shape index (κ2) is 7.81. The predicted molar refractivity (Wildman–Crippen MR) is 69.5 cm³/mol. The summed E-state index contributed by atoms with van der Waals surface area (Å²) in [5.74, 6) is 0.0916. The van der Waals surface area contributed by atoms with Gasteiger partial charge in [0.1, 0.15) is 0 Å². The third kappa shape index (κ3) is 4.97. The Labute approximate surface area is 103 Å². The Morgan fingerprint density at radius 2 is 1.76 bits per heavy atom. The summed E-state index contributed by atoms with van der Waals surface area (Å²) in [5, 5.41) is 0. The van der Waals surface area contributed by atoms with E-state index in [1.54, 1.807) is 4.90 Å². The second-order valence-corrected chi connectivity index (χ2v) is 3.94. The van der Waals surface area contributed by atoms with E-state index in [4.69, 9.17) is 11.5 Å². The van der Waals surface area contributed by atoms with E-state index >= 15 is 0 Å². The van der Waals surface area contributed by atoms with Crippen LogP contribution in [-0.2, 0) is 11.2 Å². The highest BCUT2D eigenvalue weighted by Crippen LogP contribution is 2.02. The Morgan fingerprint density at radius 3 is 2.35 bits per heavy atom. The minimum atomic E-state index is 0.0916. The summed E-state index contributed by atoms with van der Waals surface area (Å²) in [6, 6.07) is 10.1. The number of benzene rings is 1. The van der Waals surface area contributed by atoms with Crippen molar-refractivity contribution in [2.75, 3.05) is 26.2 Å². The summed E-state index contributed by atoms with van der Waals surface area (Å²) < 4.78 is 0. The second-order valence-electron chi connectivity index (χ2n) is 3.94. The van der Waals surface area contributed by atoms with Crippen molar-refractivity contribution >= 4 is 5.91 Å². The zero-order valence-corrected chi connectivity index (χ0v) is 10.1. The van der Waals surface area contributed by atoms with E-state index in [2.05, 4.69) is 12.1 Å². The number of carbonyl (C=O) groups excluding carboxylic acids is 1. The van der Waals surface area contributed by atoms with Crippen molar-refractivity contribution < 1.29 is 4.79 Å². The van der Waals surface area contributed by atoms with Gasteiger partial charge in [0.15, 0.2) is 0 Å². The fourth-order valence-corrected chi connectivity index (χ4v) is 1.71. The molecule has 0 aliphatic rings. The first-order chi connectivity index (χ1) is 8.27. The van der Waals surface area contributed by atoms with Gasteiger partial charge in [-0.2, -0.15) is 0 Å². The molecule has 1 amide bonds. The van der Waals surface area contributed by atoms with E-state index < -0.39 is 0 Å². The molecular formula is C13H21N3O. The first-order valence-electron chi connectivity index (χ1n) is 5.99. The molecule has 0 aliphatic heterocycles. The average Bonchev–Trinajstić information content (AvgIpc) is 2.36. The molecule has 0 radical (unpaired) electrons. The van der Waals surface area contributed by atoms with E-state index in [1.807, 2.05) is 18.2 Å². The Hall–Kier alpha value is -1.39. The predicted octanol–water partition coefficient (Wildman–Crippen LogP) is 0.365. The molecule has 0 bridgehead atoms. The van der Waals surface area contributed by atoms with Crippen molar-refractivity contribution in [1.82, 2.24) is 4.90 Å². The molecule has 0 saturated carbocycles. The number of hydrogen-bond acceptors (Lipinski definition) is 3. The summed E-state index contributed by atoms with van der Waals surface area (Å²) in [6.45, 7) is 2.20. The minimum absolute atomic E-state index is 0.0916. The zero-order chi connectivity index (χ0) is 12.5. The molecular weight excluding hydrogens is 214 g/mol. The molecule has 0 unspecified atom stereocenters. The molecule has 4 N–H and O–H groups in total. The summed E-state index contributed by atoms with van der Waals surface area (Å²) >= 11 is 0. The Kier molecular flexibility index (Phi) is 6.29. The number of amides is 1. The smallest absolute Gasteiger partial charge is 0.223 e. The van der Waals surface area contributed by atoms with Gasteiger partial charge in [-0.25, -0.2) is 0 Å². The quantitative estimate of drug-likeness (QED) is 0.717. The average molecular weight is 235 g/mol. The molecule has 0 spiro atoms. The lowest BCUT2D eigenvalue weighted by atomic mass is 10.1. The number of nitrogens with two attached hydrogens (primary N) is 2. The maximum Gasteiger partial charge on any atom is 0.223 e. The van der Waals surface area contributed by atoms with Crippen molar-refractivity contribution in [2.45, 2.75) is 12.8 Å². The molecule has 1 aromatic carbocycles. The molecule has 94 valence electrons. The van der Waals surface area contributed by atoms with Crippen LogP contribution in [0.1, 0.15) is 12.0 Å². The van der Waals surface area contributed by atoms with Gasteiger partial charge < -0.3 is 16.4 Å². The maximum atomic E-state index is 11.7. The molecule has 0 aliphatic carbocycles. The van der Waals surface area contributed by atoms with Gasteiger partial charge in [-0.05, 0) is 12.0 Å². The van der Waals surface area contributed by atoms with Crippen LogP contribution in [0.25, 0.3) is 0 Å². The zero-order valence-electron chi connectivity index (χ0n) is 10.1. The van der Waals surface area contributed by atoms with Crippen molar-refractivity contribution in [2.24, 2.45) is 11.5 Å². The molecule has 0 heterocycles. The van der Waals surface area contributed by atoms with Crippen LogP contribution in [0, 0.1) is 0 Å². The highest BCUT2D eigenvalue weighted by Gasteiger charge is 2.11. The maximum absolute atomic E-state index is 11.7. The number of carbonyl (C=O) groups is 1. The molecule has 17 heavy (non-hydrogen) atoms. The molecule has 1 rings (SSSR count). The van der Waals surface area contributed by atoms with Crippen LogP contribution in [0.4, 0.5) is 0 Å². The van der Waals surface area contributed by atoms with Gasteiger partial charge in [0.25, 0.3) is 0 Å². The Balaban J connectivity index is 2.47. The van der Waals surface area contributed by atoms with Gasteiger partial charge >= 0.3 is 0 Å². The highest BCUT2D eigenvalue weighted by molar-refractivity contribution is 5.76. The van der Waals surface area contributed by atoms with Gasteiger partial charge in [0.2, 0.25) is 5.91 Å². The monoisotopic (exact) mass is 235 g/mol. The normalized spacial score (nSPS) is 10.2. The Morgan fingerprint density at radius 1 is 1.06 bits per heavy atom. The van der Waals surface area contributed by atoms with Crippen molar-refractivity contribution in [3.05, 3.63) is 35.9 Å². The fraction of sp³-hybridized carbons (Fsp3) is 0.462. The van der Waals surface area contributed by atoms with E-state index in [0.29, 0.717) is 32.6 Å². The molecule has 0 saturated heterocycles. The van der Waals surface area contributed by atoms with Crippen LogP contribution >= 0.6 is 0 Å². The van der Waals surface area contributed by atoms with E-state index in [1.165, 1.54) is 5.56 Å². The van der Waals surface area contributed by atoms with Crippen LogP contribution in [0.3, 0.4) is 0 Å². The summed E-state index contributed by atoms with van der Waals surface area (Å²) in [7, 11) is 0. The van der Waals surface area contributed by atoms with Gasteiger partial charge in [0, 0.05) is 32.6 Å². The molecule has 4 nitrogen and oxygen atoms in total. The number of rotatable bonds is 7. The Bertz CT molecular complexity index is 327. The molecule has 4 heteroatoms. The molecule has 0 atom stereocenters. The van der Waals surface area contributed by atoms with Gasteiger partial charge in [-0.1, -0.05) is 30.3 Å². The number of nitrogens with zero attached hydrogens (tertiary/aromatic N) is 1. The van der Waals surface area contributed by atoms with Gasteiger partial charge in [-0.15, -0.1) is 0 Å². The SMILES string of the molecule is NCCC(=O)N(CCN)CCc1ccccc1. The standard InChI is InChI=1S/C13H21N3O/c14-8-6-13(17)16(11-9-15)10-7-12-4-2-1-3-5-12/h1-5H,6-11,14-15H2. The third-order valence-electron chi connectivity index (χ3n) is 2.62. The van der Waals surface area contributed by atoms with E-state index in [9.17, 15) is 4.79 Å². The largest absolute Gasteiger partial charge is 0.341 e. The van der Waals surface area contributed by atoms with Crippen molar-refractivity contribution in [3.8, 4) is 0 Å². The van der Waals surface area contributed by atoms with E-state index in [-0.39, 0.29) is 5.91 Å². The first-order valence-corrected chi connectivity index (χ1v) is 5.99. The van der Waals surface area contributed by atoms with Crippen LogP contribution < -0.4 is 11.5 Å². The topological polar surface area (TPSA) is 72.4 Å². The summed E-state index contributed by atoms with van der Waals surface area (Å²) in [4.78, 5) is 13.5. The van der Waals surface area contributed by atoms with Gasteiger partial charge in [-0.3, -0.25) is 4.79 Å². The molecule has 0 aromatic heterocycles. The highest BCUT2D eigenvalue weighted by atomic mass is 16.2.